The molecule has 174 valence electrons. The van der Waals surface area contributed by atoms with Crippen LogP contribution < -0.4 is 9.64 Å². The maximum absolute atomic E-state index is 11.9. The molecule has 0 saturated carbocycles. The van der Waals surface area contributed by atoms with Crippen LogP contribution in [-0.4, -0.2) is 42.1 Å². The minimum Gasteiger partial charge on any atom is -0.486 e. The number of aromatic nitrogens is 1. The van der Waals surface area contributed by atoms with Gasteiger partial charge in [-0.15, -0.1) is 0 Å². The van der Waals surface area contributed by atoms with E-state index in [4.69, 9.17) is 4.74 Å². The van der Waals surface area contributed by atoms with Crippen molar-refractivity contribution >= 4 is 29.0 Å². The molecule has 1 aromatic heterocycles. The quantitative estimate of drug-likeness (QED) is 0.335. The Labute approximate surface area is 199 Å². The van der Waals surface area contributed by atoms with E-state index in [1.54, 1.807) is 0 Å². The van der Waals surface area contributed by atoms with Gasteiger partial charge in [-0.3, -0.25) is 9.59 Å². The fourth-order valence-electron chi connectivity index (χ4n) is 4.35. The molecule has 0 aliphatic heterocycles. The normalized spacial score (nSPS) is 10.9. The van der Waals surface area contributed by atoms with Crippen LogP contribution in [0.1, 0.15) is 16.7 Å². The molecule has 4 aromatic rings. The van der Waals surface area contributed by atoms with E-state index >= 15 is 0 Å². The first-order chi connectivity index (χ1) is 16.6. The molecule has 1 N–H and O–H groups in total. The average Bonchev–Trinajstić information content (AvgIpc) is 3.14. The van der Waals surface area contributed by atoms with Crippen LogP contribution >= 0.6 is 0 Å². The van der Waals surface area contributed by atoms with Gasteiger partial charge in [0.05, 0.1) is 11.9 Å². The maximum Gasteiger partial charge on any atom is 0.307 e. The molecule has 0 bridgehead atoms. The number of anilines is 1. The van der Waals surface area contributed by atoms with Crippen LogP contribution in [0.3, 0.4) is 0 Å². The molecule has 1 heterocycles. The van der Waals surface area contributed by atoms with Gasteiger partial charge in [-0.25, -0.2) is 0 Å². The van der Waals surface area contributed by atoms with Crippen molar-refractivity contribution < 1.29 is 19.4 Å². The highest BCUT2D eigenvalue weighted by molar-refractivity contribution is 5.94. The lowest BCUT2D eigenvalue weighted by molar-refractivity contribution is -0.136. The smallest absolute Gasteiger partial charge is 0.307 e. The standard InChI is InChI=1S/C28H28N2O4/c1-29(15-14-21-8-4-2-5-9-21)28-25(19-27(32)33)24-18-23(34-17-16-31)12-13-26(24)30(28)20-22-10-6-3-7-11-22/h2-13,16,18H,14-15,17,19-20H2,1H3,(H,32,33). The molecule has 34 heavy (non-hydrogen) atoms. The molecule has 3 aromatic carbocycles. The largest absolute Gasteiger partial charge is 0.486 e. The van der Waals surface area contributed by atoms with Crippen LogP contribution in [0, 0.1) is 0 Å². The number of aldehydes is 1. The Kier molecular flexibility index (Phi) is 7.28. The highest BCUT2D eigenvalue weighted by atomic mass is 16.5. The summed E-state index contributed by atoms with van der Waals surface area (Å²) in [6.07, 6.45) is 1.43. The van der Waals surface area contributed by atoms with Crippen LogP contribution in [0.15, 0.2) is 78.9 Å². The number of hydrogen-bond acceptors (Lipinski definition) is 4. The third-order valence-corrected chi connectivity index (χ3v) is 5.88. The Morgan fingerprint density at radius 1 is 1.00 bits per heavy atom. The maximum atomic E-state index is 11.9. The third kappa shape index (κ3) is 5.29. The number of fused-ring (bicyclic) bond motifs is 1. The molecule has 6 heteroatoms. The number of benzene rings is 3. The number of carboxylic acids is 1. The minimum atomic E-state index is -0.893. The fraction of sp³-hybridized carbons (Fsp3) is 0.214. The molecule has 0 unspecified atom stereocenters. The summed E-state index contributed by atoms with van der Waals surface area (Å²) in [5.74, 6) is 0.530. The number of aliphatic carboxylic acids is 1. The van der Waals surface area contributed by atoms with E-state index < -0.39 is 5.97 Å². The Bertz CT molecular complexity index is 1270. The monoisotopic (exact) mass is 456 g/mol. The first-order valence-corrected chi connectivity index (χ1v) is 11.3. The summed E-state index contributed by atoms with van der Waals surface area (Å²) < 4.78 is 7.70. The van der Waals surface area contributed by atoms with Crippen molar-refractivity contribution in [2.45, 2.75) is 19.4 Å². The topological polar surface area (TPSA) is 71.8 Å². The van der Waals surface area contributed by atoms with Crippen molar-refractivity contribution in [3.63, 3.8) is 0 Å². The third-order valence-electron chi connectivity index (χ3n) is 5.88. The van der Waals surface area contributed by atoms with Gasteiger partial charge in [0.15, 0.2) is 6.29 Å². The summed E-state index contributed by atoms with van der Waals surface area (Å²) in [7, 11) is 2.01. The number of carbonyl (C=O) groups excluding carboxylic acids is 1. The van der Waals surface area contributed by atoms with Gasteiger partial charge in [-0.1, -0.05) is 60.7 Å². The lowest BCUT2D eigenvalue weighted by atomic mass is 10.1. The number of nitrogens with zero attached hydrogens (tertiary/aromatic N) is 2. The first kappa shape index (κ1) is 23.1. The molecule has 0 aliphatic carbocycles. The summed E-state index contributed by atoms with van der Waals surface area (Å²) in [5.41, 5.74) is 4.02. The molecule has 0 fully saturated rings. The highest BCUT2D eigenvalue weighted by Crippen LogP contribution is 2.36. The Hall–Kier alpha value is -4.06. The number of carboxylic acid groups (broad SMARTS) is 1. The summed E-state index contributed by atoms with van der Waals surface area (Å²) in [4.78, 5) is 24.8. The second kappa shape index (κ2) is 10.7. The van der Waals surface area contributed by atoms with Gasteiger partial charge in [0, 0.05) is 31.1 Å². The molecule has 0 saturated heterocycles. The van der Waals surface area contributed by atoms with E-state index in [1.165, 1.54) is 5.56 Å². The number of carbonyl (C=O) groups is 2. The number of likely N-dealkylation sites (N-methyl/N-ethyl adjacent to an activating group) is 1. The molecule has 0 radical (unpaired) electrons. The van der Waals surface area contributed by atoms with E-state index in [9.17, 15) is 14.7 Å². The van der Waals surface area contributed by atoms with Gasteiger partial charge < -0.3 is 19.3 Å². The van der Waals surface area contributed by atoms with Crippen molar-refractivity contribution in [2.24, 2.45) is 0 Å². The van der Waals surface area contributed by atoms with E-state index in [-0.39, 0.29) is 13.0 Å². The van der Waals surface area contributed by atoms with E-state index in [2.05, 4.69) is 33.7 Å². The van der Waals surface area contributed by atoms with E-state index in [1.807, 2.05) is 61.6 Å². The molecule has 0 aliphatic rings. The zero-order chi connectivity index (χ0) is 23.9. The number of ether oxygens (including phenoxy) is 1. The summed E-state index contributed by atoms with van der Waals surface area (Å²) >= 11 is 0. The predicted molar refractivity (Wildman–Crippen MR) is 134 cm³/mol. The van der Waals surface area contributed by atoms with Gasteiger partial charge in [-0.2, -0.15) is 0 Å². The zero-order valence-corrected chi connectivity index (χ0v) is 19.2. The van der Waals surface area contributed by atoms with Crippen molar-refractivity contribution in [2.75, 3.05) is 25.1 Å². The van der Waals surface area contributed by atoms with Gasteiger partial charge in [0.2, 0.25) is 0 Å². The van der Waals surface area contributed by atoms with Crippen LogP contribution in [0.5, 0.6) is 5.75 Å². The lowest BCUT2D eigenvalue weighted by Crippen LogP contribution is -2.25. The predicted octanol–water partition coefficient (Wildman–Crippen LogP) is 4.57. The SMILES string of the molecule is CN(CCc1ccccc1)c1c(CC(=O)O)c2cc(OCC=O)ccc2n1Cc1ccccc1. The van der Waals surface area contributed by atoms with Crippen molar-refractivity contribution in [3.8, 4) is 5.75 Å². The van der Waals surface area contributed by atoms with Crippen molar-refractivity contribution in [3.05, 3.63) is 95.6 Å². The molecule has 4 rings (SSSR count). The Balaban J connectivity index is 1.81. The minimum absolute atomic E-state index is 0.0473. The number of rotatable bonds is 11. The van der Waals surface area contributed by atoms with Crippen LogP contribution in [0.4, 0.5) is 5.82 Å². The average molecular weight is 457 g/mol. The summed E-state index contributed by atoms with van der Waals surface area (Å²) in [6.45, 7) is 1.29. The molecule has 0 atom stereocenters. The van der Waals surface area contributed by atoms with E-state index in [0.717, 1.165) is 40.8 Å². The van der Waals surface area contributed by atoms with Gasteiger partial charge in [0.1, 0.15) is 18.2 Å². The molecular formula is C28H28N2O4. The summed E-state index contributed by atoms with van der Waals surface area (Å²) in [6, 6.07) is 26.0. The van der Waals surface area contributed by atoms with Gasteiger partial charge in [-0.05, 0) is 35.7 Å². The van der Waals surface area contributed by atoms with Crippen LogP contribution in [0.2, 0.25) is 0 Å². The number of hydrogen-bond donors (Lipinski definition) is 1. The molecular weight excluding hydrogens is 428 g/mol. The van der Waals surface area contributed by atoms with Crippen molar-refractivity contribution in [1.29, 1.82) is 0 Å². The fourth-order valence-corrected chi connectivity index (χ4v) is 4.35. The zero-order valence-electron chi connectivity index (χ0n) is 19.2. The summed E-state index contributed by atoms with van der Waals surface area (Å²) in [5, 5.41) is 10.6. The molecule has 6 nitrogen and oxygen atoms in total. The lowest BCUT2D eigenvalue weighted by Gasteiger charge is -2.24. The first-order valence-electron chi connectivity index (χ1n) is 11.3. The molecule has 0 amide bonds. The van der Waals surface area contributed by atoms with E-state index in [0.29, 0.717) is 18.6 Å². The molecule has 0 spiro atoms. The second-order valence-corrected chi connectivity index (χ2v) is 8.26. The Morgan fingerprint density at radius 2 is 1.68 bits per heavy atom. The highest BCUT2D eigenvalue weighted by Gasteiger charge is 2.23. The van der Waals surface area contributed by atoms with Gasteiger partial charge in [0.25, 0.3) is 0 Å². The van der Waals surface area contributed by atoms with Crippen LogP contribution in [0.25, 0.3) is 10.9 Å². The second-order valence-electron chi connectivity index (χ2n) is 8.26. The Morgan fingerprint density at radius 3 is 2.32 bits per heavy atom. The van der Waals surface area contributed by atoms with Gasteiger partial charge >= 0.3 is 5.97 Å². The van der Waals surface area contributed by atoms with Crippen LogP contribution in [-0.2, 0) is 29.0 Å². The van der Waals surface area contributed by atoms with Crippen molar-refractivity contribution in [1.82, 2.24) is 4.57 Å².